The Bertz CT molecular complexity index is 133. The van der Waals surface area contributed by atoms with Crippen molar-refractivity contribution in [2.45, 2.75) is 37.7 Å². The SMILES string of the molecule is COCCOC1(CN)CCCCC1. The van der Waals surface area contributed by atoms with E-state index in [9.17, 15) is 0 Å². The summed E-state index contributed by atoms with van der Waals surface area (Å²) in [6, 6.07) is 0. The Morgan fingerprint density at radius 2 is 1.85 bits per heavy atom. The van der Waals surface area contributed by atoms with Crippen molar-refractivity contribution in [3.63, 3.8) is 0 Å². The highest BCUT2D eigenvalue weighted by Crippen LogP contribution is 2.30. The molecule has 2 N–H and O–H groups in total. The molecule has 1 rings (SSSR count). The lowest BCUT2D eigenvalue weighted by Gasteiger charge is -2.36. The van der Waals surface area contributed by atoms with Gasteiger partial charge in [0.1, 0.15) is 0 Å². The molecule has 1 fully saturated rings. The Labute approximate surface area is 80.6 Å². The second-order valence-electron chi connectivity index (χ2n) is 3.79. The second-order valence-corrected chi connectivity index (χ2v) is 3.79. The minimum absolute atomic E-state index is 0.0310. The summed E-state index contributed by atoms with van der Waals surface area (Å²) in [5, 5.41) is 0. The van der Waals surface area contributed by atoms with Crippen LogP contribution in [0.3, 0.4) is 0 Å². The fourth-order valence-corrected chi connectivity index (χ4v) is 1.95. The van der Waals surface area contributed by atoms with Crippen molar-refractivity contribution in [1.82, 2.24) is 0 Å². The molecule has 1 saturated carbocycles. The van der Waals surface area contributed by atoms with Crippen LogP contribution in [0.2, 0.25) is 0 Å². The molecule has 0 aliphatic heterocycles. The number of methoxy groups -OCH3 is 1. The molecule has 0 aromatic heterocycles. The average Bonchev–Trinajstić information content (AvgIpc) is 2.20. The highest BCUT2D eigenvalue weighted by molar-refractivity contribution is 4.85. The summed E-state index contributed by atoms with van der Waals surface area (Å²) < 4.78 is 10.8. The molecule has 0 bridgehead atoms. The van der Waals surface area contributed by atoms with Gasteiger partial charge in [-0.3, -0.25) is 0 Å². The van der Waals surface area contributed by atoms with Crippen LogP contribution in [-0.2, 0) is 9.47 Å². The summed E-state index contributed by atoms with van der Waals surface area (Å²) in [4.78, 5) is 0. The zero-order valence-corrected chi connectivity index (χ0v) is 8.55. The van der Waals surface area contributed by atoms with Crippen molar-refractivity contribution in [3.05, 3.63) is 0 Å². The summed E-state index contributed by atoms with van der Waals surface area (Å²) in [5.74, 6) is 0. The van der Waals surface area contributed by atoms with Gasteiger partial charge in [-0.1, -0.05) is 19.3 Å². The van der Waals surface area contributed by atoms with Crippen LogP contribution in [0.5, 0.6) is 0 Å². The molecule has 0 atom stereocenters. The van der Waals surface area contributed by atoms with Crippen LogP contribution in [0.25, 0.3) is 0 Å². The molecule has 13 heavy (non-hydrogen) atoms. The largest absolute Gasteiger partial charge is 0.382 e. The van der Waals surface area contributed by atoms with Crippen LogP contribution < -0.4 is 5.73 Å². The molecule has 1 aliphatic rings. The van der Waals surface area contributed by atoms with Gasteiger partial charge in [-0.25, -0.2) is 0 Å². The molecule has 0 aromatic rings. The maximum absolute atomic E-state index is 5.81. The number of rotatable bonds is 5. The lowest BCUT2D eigenvalue weighted by atomic mass is 9.85. The van der Waals surface area contributed by atoms with Crippen molar-refractivity contribution in [1.29, 1.82) is 0 Å². The van der Waals surface area contributed by atoms with Crippen LogP contribution in [0.15, 0.2) is 0 Å². The molecule has 3 nitrogen and oxygen atoms in total. The fraction of sp³-hybridized carbons (Fsp3) is 1.00. The molecular weight excluding hydrogens is 166 g/mol. The number of nitrogens with two attached hydrogens (primary N) is 1. The third-order valence-corrected chi connectivity index (χ3v) is 2.83. The van der Waals surface area contributed by atoms with E-state index in [1.54, 1.807) is 7.11 Å². The van der Waals surface area contributed by atoms with E-state index >= 15 is 0 Å². The Morgan fingerprint density at radius 3 is 2.38 bits per heavy atom. The van der Waals surface area contributed by atoms with Crippen LogP contribution in [0.1, 0.15) is 32.1 Å². The van der Waals surface area contributed by atoms with Gasteiger partial charge >= 0.3 is 0 Å². The van der Waals surface area contributed by atoms with E-state index < -0.39 is 0 Å². The zero-order chi connectivity index (χ0) is 9.57. The van der Waals surface area contributed by atoms with Crippen LogP contribution in [-0.4, -0.2) is 32.5 Å². The predicted octanol–water partition coefficient (Wildman–Crippen LogP) is 1.31. The summed E-state index contributed by atoms with van der Waals surface area (Å²) in [5.41, 5.74) is 5.72. The third-order valence-electron chi connectivity index (χ3n) is 2.83. The molecule has 0 heterocycles. The van der Waals surface area contributed by atoms with E-state index in [2.05, 4.69) is 0 Å². The second kappa shape index (κ2) is 5.58. The summed E-state index contributed by atoms with van der Waals surface area (Å²) in [7, 11) is 1.69. The van der Waals surface area contributed by atoms with Gasteiger partial charge in [-0.15, -0.1) is 0 Å². The molecule has 0 unspecified atom stereocenters. The van der Waals surface area contributed by atoms with Crippen molar-refractivity contribution in [3.8, 4) is 0 Å². The minimum atomic E-state index is -0.0310. The van der Waals surface area contributed by atoms with Gasteiger partial charge in [0.05, 0.1) is 18.8 Å². The van der Waals surface area contributed by atoms with Crippen molar-refractivity contribution >= 4 is 0 Å². The van der Waals surface area contributed by atoms with Crippen LogP contribution in [0.4, 0.5) is 0 Å². The minimum Gasteiger partial charge on any atom is -0.382 e. The Morgan fingerprint density at radius 1 is 1.15 bits per heavy atom. The number of ether oxygens (including phenoxy) is 2. The predicted molar refractivity (Wildman–Crippen MR) is 52.7 cm³/mol. The number of hydrogen-bond donors (Lipinski definition) is 1. The molecule has 0 amide bonds. The van der Waals surface area contributed by atoms with E-state index in [0.29, 0.717) is 19.8 Å². The maximum Gasteiger partial charge on any atom is 0.0805 e. The van der Waals surface area contributed by atoms with Gasteiger partial charge in [-0.2, -0.15) is 0 Å². The van der Waals surface area contributed by atoms with E-state index in [1.165, 1.54) is 19.3 Å². The Kier molecular flexibility index (Phi) is 4.70. The van der Waals surface area contributed by atoms with E-state index in [0.717, 1.165) is 12.8 Å². The van der Waals surface area contributed by atoms with Gasteiger partial charge in [0.25, 0.3) is 0 Å². The first-order valence-corrected chi connectivity index (χ1v) is 5.16. The average molecular weight is 187 g/mol. The van der Waals surface area contributed by atoms with Crippen molar-refractivity contribution in [2.24, 2.45) is 5.73 Å². The summed E-state index contributed by atoms with van der Waals surface area (Å²) in [6.07, 6.45) is 6.07. The summed E-state index contributed by atoms with van der Waals surface area (Å²) in [6.45, 7) is 1.99. The van der Waals surface area contributed by atoms with Gasteiger partial charge in [0, 0.05) is 13.7 Å². The first kappa shape index (κ1) is 11.0. The Balaban J connectivity index is 2.29. The third kappa shape index (κ3) is 3.25. The van der Waals surface area contributed by atoms with Gasteiger partial charge in [-0.05, 0) is 12.8 Å². The topological polar surface area (TPSA) is 44.5 Å². The van der Waals surface area contributed by atoms with Crippen molar-refractivity contribution in [2.75, 3.05) is 26.9 Å². The molecule has 0 saturated heterocycles. The molecular formula is C10H21NO2. The van der Waals surface area contributed by atoms with E-state index in [-0.39, 0.29) is 5.60 Å². The summed E-state index contributed by atoms with van der Waals surface area (Å²) >= 11 is 0. The maximum atomic E-state index is 5.81. The van der Waals surface area contributed by atoms with Crippen LogP contribution >= 0.6 is 0 Å². The molecule has 3 heteroatoms. The monoisotopic (exact) mass is 187 g/mol. The molecule has 1 aliphatic carbocycles. The Hall–Kier alpha value is -0.120. The van der Waals surface area contributed by atoms with Gasteiger partial charge in [0.15, 0.2) is 0 Å². The fourth-order valence-electron chi connectivity index (χ4n) is 1.95. The van der Waals surface area contributed by atoms with E-state index in [4.69, 9.17) is 15.2 Å². The lowest BCUT2D eigenvalue weighted by molar-refractivity contribution is -0.0776. The molecule has 0 spiro atoms. The standard InChI is InChI=1S/C10H21NO2/c1-12-7-8-13-10(9-11)5-3-2-4-6-10/h2-9,11H2,1H3. The lowest BCUT2D eigenvalue weighted by Crippen LogP contribution is -2.43. The highest BCUT2D eigenvalue weighted by Gasteiger charge is 2.31. The van der Waals surface area contributed by atoms with Crippen LogP contribution in [0, 0.1) is 0 Å². The van der Waals surface area contributed by atoms with Gasteiger partial charge < -0.3 is 15.2 Å². The quantitative estimate of drug-likeness (QED) is 0.660. The molecule has 78 valence electrons. The smallest absolute Gasteiger partial charge is 0.0805 e. The zero-order valence-electron chi connectivity index (χ0n) is 8.55. The van der Waals surface area contributed by atoms with Gasteiger partial charge in [0.2, 0.25) is 0 Å². The normalized spacial score (nSPS) is 21.7. The molecule has 0 aromatic carbocycles. The van der Waals surface area contributed by atoms with Crippen molar-refractivity contribution < 1.29 is 9.47 Å². The van der Waals surface area contributed by atoms with E-state index in [1.807, 2.05) is 0 Å². The molecule has 0 radical (unpaired) electrons. The highest BCUT2D eigenvalue weighted by atomic mass is 16.5. The number of hydrogen-bond acceptors (Lipinski definition) is 3. The first-order chi connectivity index (χ1) is 6.33. The first-order valence-electron chi connectivity index (χ1n) is 5.16.